The van der Waals surface area contributed by atoms with Gasteiger partial charge >= 0.3 is 5.97 Å². The van der Waals surface area contributed by atoms with Gasteiger partial charge in [0.1, 0.15) is 10.7 Å². The Morgan fingerprint density at radius 1 is 1.52 bits per heavy atom. The van der Waals surface area contributed by atoms with Gasteiger partial charge in [0.2, 0.25) is 0 Å². The molecule has 21 heavy (non-hydrogen) atoms. The Morgan fingerprint density at radius 2 is 2.24 bits per heavy atom. The largest absolute Gasteiger partial charge is 0.478 e. The van der Waals surface area contributed by atoms with Gasteiger partial charge in [-0.15, -0.1) is 11.3 Å². The van der Waals surface area contributed by atoms with E-state index in [1.54, 1.807) is 11.7 Å². The summed E-state index contributed by atoms with van der Waals surface area (Å²) in [7, 11) is 1.59. The quantitative estimate of drug-likeness (QED) is 0.882. The van der Waals surface area contributed by atoms with Crippen LogP contribution in [-0.2, 0) is 17.7 Å². The van der Waals surface area contributed by atoms with Crippen molar-refractivity contribution in [2.75, 3.05) is 13.7 Å². The zero-order chi connectivity index (χ0) is 15.6. The number of methoxy groups -OCH3 is 1. The van der Waals surface area contributed by atoms with E-state index in [9.17, 15) is 14.7 Å². The molecule has 1 N–H and O–H groups in total. The number of carboxylic acid groups (broad SMARTS) is 1. The molecule has 0 unspecified atom stereocenters. The van der Waals surface area contributed by atoms with E-state index in [1.807, 2.05) is 13.8 Å². The molecule has 0 saturated heterocycles. The summed E-state index contributed by atoms with van der Waals surface area (Å²) in [5.41, 5.74) is -0.248. The Kier molecular flexibility index (Phi) is 4.74. The number of fused-ring (bicyclic) bond motifs is 1. The molecule has 0 bridgehead atoms. The maximum absolute atomic E-state index is 12.7. The van der Waals surface area contributed by atoms with Gasteiger partial charge in [-0.25, -0.2) is 9.78 Å². The summed E-state index contributed by atoms with van der Waals surface area (Å²) in [5.74, 6) is -0.196. The van der Waals surface area contributed by atoms with Gasteiger partial charge < -0.3 is 9.84 Å². The molecule has 2 rings (SSSR count). The molecule has 0 aliphatic carbocycles. The number of hydrogen-bond acceptors (Lipinski definition) is 5. The van der Waals surface area contributed by atoms with Crippen LogP contribution in [0.4, 0.5) is 0 Å². The topological polar surface area (TPSA) is 81.4 Å². The molecule has 0 fully saturated rings. The zero-order valence-electron chi connectivity index (χ0n) is 12.3. The minimum absolute atomic E-state index is 0.0308. The first kappa shape index (κ1) is 15.7. The second-order valence-corrected chi connectivity index (χ2v) is 6.07. The minimum Gasteiger partial charge on any atom is -0.478 e. The van der Waals surface area contributed by atoms with E-state index in [1.165, 1.54) is 16.7 Å². The van der Waals surface area contributed by atoms with Crippen LogP contribution in [0.15, 0.2) is 10.2 Å². The van der Waals surface area contributed by atoms with Gasteiger partial charge in [-0.05, 0) is 5.92 Å². The summed E-state index contributed by atoms with van der Waals surface area (Å²) in [6, 6.07) is 0. The Labute approximate surface area is 126 Å². The van der Waals surface area contributed by atoms with E-state index in [2.05, 4.69) is 4.98 Å². The lowest BCUT2D eigenvalue weighted by atomic mass is 10.2. The van der Waals surface area contributed by atoms with Crippen LogP contribution in [0.1, 0.15) is 30.0 Å². The second kappa shape index (κ2) is 6.36. The summed E-state index contributed by atoms with van der Waals surface area (Å²) < 4.78 is 6.63. The van der Waals surface area contributed by atoms with Crippen molar-refractivity contribution >= 4 is 27.5 Å². The molecule has 2 aromatic rings. The highest BCUT2D eigenvalue weighted by molar-refractivity contribution is 7.17. The number of hydrogen-bond donors (Lipinski definition) is 1. The summed E-state index contributed by atoms with van der Waals surface area (Å²) >= 11 is 1.19. The first-order valence-electron chi connectivity index (χ1n) is 6.68. The number of rotatable bonds is 6. The Hall–Kier alpha value is -1.73. The number of aromatic carboxylic acids is 1. The van der Waals surface area contributed by atoms with E-state index in [0.717, 1.165) is 0 Å². The molecule has 114 valence electrons. The number of nitrogens with zero attached hydrogens (tertiary/aromatic N) is 2. The average Bonchev–Trinajstić information content (AvgIpc) is 2.83. The van der Waals surface area contributed by atoms with Gasteiger partial charge in [0.25, 0.3) is 5.56 Å². The lowest BCUT2D eigenvalue weighted by Crippen LogP contribution is -2.28. The second-order valence-electron chi connectivity index (χ2n) is 5.22. The van der Waals surface area contributed by atoms with Crippen LogP contribution in [0.25, 0.3) is 10.2 Å². The monoisotopic (exact) mass is 310 g/mol. The van der Waals surface area contributed by atoms with Gasteiger partial charge in [-0.3, -0.25) is 9.36 Å². The van der Waals surface area contributed by atoms with Crippen LogP contribution in [0.5, 0.6) is 0 Å². The van der Waals surface area contributed by atoms with Gasteiger partial charge in [0.05, 0.1) is 17.6 Å². The maximum atomic E-state index is 12.7. The maximum Gasteiger partial charge on any atom is 0.337 e. The van der Waals surface area contributed by atoms with Gasteiger partial charge in [-0.2, -0.15) is 0 Å². The van der Waals surface area contributed by atoms with Crippen molar-refractivity contribution in [3.63, 3.8) is 0 Å². The van der Waals surface area contributed by atoms with E-state index in [-0.39, 0.29) is 22.4 Å². The van der Waals surface area contributed by atoms with E-state index >= 15 is 0 Å². The van der Waals surface area contributed by atoms with Crippen LogP contribution < -0.4 is 5.56 Å². The lowest BCUT2D eigenvalue weighted by molar-refractivity contribution is 0.0699. The predicted molar refractivity (Wildman–Crippen MR) is 81.3 cm³/mol. The molecule has 2 heterocycles. The summed E-state index contributed by atoms with van der Waals surface area (Å²) in [5, 5.41) is 10.9. The molecule has 0 aliphatic rings. The molecule has 0 aliphatic heterocycles. The highest BCUT2D eigenvalue weighted by atomic mass is 32.1. The minimum atomic E-state index is -1.10. The van der Waals surface area contributed by atoms with Crippen molar-refractivity contribution in [3.8, 4) is 0 Å². The van der Waals surface area contributed by atoms with Crippen LogP contribution in [-0.4, -0.2) is 34.3 Å². The Balaban J connectivity index is 2.67. The third-order valence-electron chi connectivity index (χ3n) is 3.08. The van der Waals surface area contributed by atoms with Gasteiger partial charge in [0.15, 0.2) is 0 Å². The van der Waals surface area contributed by atoms with E-state index in [4.69, 9.17) is 4.74 Å². The van der Waals surface area contributed by atoms with E-state index < -0.39 is 5.97 Å². The van der Waals surface area contributed by atoms with Gasteiger partial charge in [0, 0.05) is 25.5 Å². The average molecular weight is 310 g/mol. The molecule has 0 amide bonds. The number of carboxylic acids is 1. The lowest BCUT2D eigenvalue weighted by Gasteiger charge is -2.14. The SMILES string of the molecule is COCCc1nc2scc(C(=O)O)c2c(=O)n1CC(C)C. The summed E-state index contributed by atoms with van der Waals surface area (Å²) in [6.07, 6.45) is 0.523. The number of ether oxygens (including phenoxy) is 1. The molecule has 6 nitrogen and oxygen atoms in total. The first-order valence-corrected chi connectivity index (χ1v) is 7.56. The molecule has 0 spiro atoms. The summed E-state index contributed by atoms with van der Waals surface area (Å²) in [6.45, 7) is 4.98. The molecule has 0 aromatic carbocycles. The molecular weight excluding hydrogens is 292 g/mol. The van der Waals surface area contributed by atoms with Crippen molar-refractivity contribution in [3.05, 3.63) is 27.1 Å². The number of carbonyl (C=O) groups is 1. The molecular formula is C14H18N2O4S. The van der Waals surface area contributed by atoms with Crippen molar-refractivity contribution in [1.82, 2.24) is 9.55 Å². The summed E-state index contributed by atoms with van der Waals surface area (Å²) in [4.78, 5) is 28.8. The Morgan fingerprint density at radius 3 is 2.81 bits per heavy atom. The molecule has 7 heteroatoms. The van der Waals surface area contributed by atoms with Crippen LogP contribution in [0.2, 0.25) is 0 Å². The van der Waals surface area contributed by atoms with Crippen LogP contribution >= 0.6 is 11.3 Å². The smallest absolute Gasteiger partial charge is 0.337 e. The van der Waals surface area contributed by atoms with Crippen molar-refractivity contribution in [2.45, 2.75) is 26.8 Å². The van der Waals surface area contributed by atoms with Gasteiger partial charge in [-0.1, -0.05) is 13.8 Å². The number of thiophene rings is 1. The van der Waals surface area contributed by atoms with Crippen molar-refractivity contribution in [1.29, 1.82) is 0 Å². The molecule has 0 saturated carbocycles. The standard InChI is InChI=1S/C14H18N2O4S/c1-8(2)6-16-10(4-5-20-3)15-12-11(13(16)17)9(7-21-12)14(18)19/h7-8H,4-6H2,1-3H3,(H,18,19). The molecule has 2 aromatic heterocycles. The molecule has 0 atom stereocenters. The van der Waals surface area contributed by atoms with Crippen LogP contribution in [0, 0.1) is 5.92 Å². The fourth-order valence-corrected chi connectivity index (χ4v) is 3.08. The Bertz CT molecular complexity index is 718. The van der Waals surface area contributed by atoms with Crippen LogP contribution in [0.3, 0.4) is 0 Å². The first-order chi connectivity index (χ1) is 9.95. The third-order valence-corrected chi connectivity index (χ3v) is 3.95. The zero-order valence-corrected chi connectivity index (χ0v) is 13.1. The molecule has 0 radical (unpaired) electrons. The third kappa shape index (κ3) is 3.14. The predicted octanol–water partition coefficient (Wildman–Crippen LogP) is 2.00. The highest BCUT2D eigenvalue weighted by Crippen LogP contribution is 2.22. The van der Waals surface area contributed by atoms with Crippen molar-refractivity contribution in [2.24, 2.45) is 5.92 Å². The fourth-order valence-electron chi connectivity index (χ4n) is 2.16. The van der Waals surface area contributed by atoms with Crippen molar-refractivity contribution < 1.29 is 14.6 Å². The van der Waals surface area contributed by atoms with E-state index in [0.29, 0.717) is 30.2 Å². The normalized spacial score (nSPS) is 11.4. The fraction of sp³-hybridized carbons (Fsp3) is 0.500. The number of aromatic nitrogens is 2. The highest BCUT2D eigenvalue weighted by Gasteiger charge is 2.19.